The molecule has 2 aromatic rings. The third-order valence-electron chi connectivity index (χ3n) is 5.04. The summed E-state index contributed by atoms with van der Waals surface area (Å²) in [4.78, 5) is 16.1. The Morgan fingerprint density at radius 1 is 1.28 bits per heavy atom. The van der Waals surface area contributed by atoms with Gasteiger partial charge in [0.15, 0.2) is 11.5 Å². The van der Waals surface area contributed by atoms with E-state index in [1.807, 2.05) is 36.6 Å². The van der Waals surface area contributed by atoms with E-state index in [1.54, 1.807) is 11.3 Å². The first-order valence-electron chi connectivity index (χ1n) is 8.59. The van der Waals surface area contributed by atoms with Crippen LogP contribution in [-0.2, 0) is 17.9 Å². The summed E-state index contributed by atoms with van der Waals surface area (Å²) in [5, 5.41) is 5.11. The minimum absolute atomic E-state index is 0.102. The smallest absolute Gasteiger partial charge is 0.240 e. The lowest BCUT2D eigenvalue weighted by molar-refractivity contribution is -0.142. The zero-order valence-corrected chi connectivity index (χ0v) is 15.1. The van der Waals surface area contributed by atoms with Crippen molar-refractivity contribution in [3.8, 4) is 11.5 Å². The van der Waals surface area contributed by atoms with Crippen LogP contribution in [-0.4, -0.2) is 36.1 Å². The molecule has 1 atom stereocenters. The van der Waals surface area contributed by atoms with E-state index in [9.17, 15) is 4.79 Å². The molecule has 132 valence electrons. The van der Waals surface area contributed by atoms with E-state index in [0.717, 1.165) is 36.6 Å². The summed E-state index contributed by atoms with van der Waals surface area (Å²) in [6.45, 7) is 5.48. The maximum atomic E-state index is 12.7. The number of hydrogen-bond donors (Lipinski definition) is 1. The van der Waals surface area contributed by atoms with Crippen LogP contribution in [0.4, 0.5) is 0 Å². The van der Waals surface area contributed by atoms with Crippen molar-refractivity contribution >= 4 is 17.2 Å². The highest BCUT2D eigenvalue weighted by Crippen LogP contribution is 2.35. The van der Waals surface area contributed by atoms with Gasteiger partial charge in [0.25, 0.3) is 0 Å². The first-order valence-corrected chi connectivity index (χ1v) is 9.47. The molecule has 3 heterocycles. The molecule has 2 aliphatic heterocycles. The average Bonchev–Trinajstić information content (AvgIpc) is 3.16. The van der Waals surface area contributed by atoms with Gasteiger partial charge in [-0.2, -0.15) is 0 Å². The van der Waals surface area contributed by atoms with Gasteiger partial charge in [-0.25, -0.2) is 0 Å². The molecule has 0 radical (unpaired) electrons. The SMILES string of the molecule is CC1(C(=O)NCc2cccs2)CCN1Cc1ccc2c(c1)OCCO2. The van der Waals surface area contributed by atoms with Crippen LogP contribution in [0.15, 0.2) is 35.7 Å². The highest BCUT2D eigenvalue weighted by molar-refractivity contribution is 7.09. The van der Waals surface area contributed by atoms with Crippen molar-refractivity contribution in [1.82, 2.24) is 10.2 Å². The molecule has 2 aliphatic rings. The number of likely N-dealkylation sites (tertiary alicyclic amines) is 1. The van der Waals surface area contributed by atoms with Crippen LogP contribution >= 0.6 is 11.3 Å². The number of nitrogens with one attached hydrogen (secondary N) is 1. The van der Waals surface area contributed by atoms with Crippen molar-refractivity contribution in [3.05, 3.63) is 46.2 Å². The number of benzene rings is 1. The molecule has 25 heavy (non-hydrogen) atoms. The Hall–Kier alpha value is -2.05. The highest BCUT2D eigenvalue weighted by Gasteiger charge is 2.46. The Morgan fingerprint density at radius 3 is 2.84 bits per heavy atom. The second-order valence-corrected chi connectivity index (χ2v) is 7.72. The molecule has 6 heteroatoms. The Bertz CT molecular complexity index is 762. The van der Waals surface area contributed by atoms with Crippen molar-refractivity contribution in [1.29, 1.82) is 0 Å². The Kier molecular flexibility index (Phi) is 4.39. The summed E-state index contributed by atoms with van der Waals surface area (Å²) in [7, 11) is 0. The number of rotatable bonds is 5. The third-order valence-corrected chi connectivity index (χ3v) is 5.92. The fourth-order valence-corrected chi connectivity index (χ4v) is 3.94. The summed E-state index contributed by atoms with van der Waals surface area (Å²) in [5.41, 5.74) is 0.700. The Morgan fingerprint density at radius 2 is 2.12 bits per heavy atom. The lowest BCUT2D eigenvalue weighted by Crippen LogP contribution is -2.65. The predicted octanol–water partition coefficient (Wildman–Crippen LogP) is 2.80. The fraction of sp³-hybridized carbons (Fsp3) is 0.421. The van der Waals surface area contributed by atoms with Crippen molar-refractivity contribution in [2.45, 2.75) is 32.0 Å². The molecule has 1 aromatic heterocycles. The monoisotopic (exact) mass is 358 g/mol. The van der Waals surface area contributed by atoms with Crippen LogP contribution in [0.3, 0.4) is 0 Å². The van der Waals surface area contributed by atoms with E-state index in [4.69, 9.17) is 9.47 Å². The molecule has 1 amide bonds. The van der Waals surface area contributed by atoms with Crippen molar-refractivity contribution in [2.24, 2.45) is 0 Å². The first kappa shape index (κ1) is 16.4. The molecular formula is C19H22N2O3S. The van der Waals surface area contributed by atoms with Gasteiger partial charge in [0, 0.05) is 18.0 Å². The van der Waals surface area contributed by atoms with E-state index in [-0.39, 0.29) is 5.91 Å². The van der Waals surface area contributed by atoms with Crippen LogP contribution in [0.5, 0.6) is 11.5 Å². The number of ether oxygens (including phenoxy) is 2. The Balaban J connectivity index is 1.40. The minimum atomic E-state index is -0.440. The van der Waals surface area contributed by atoms with Crippen LogP contribution in [0.1, 0.15) is 23.8 Å². The minimum Gasteiger partial charge on any atom is -0.486 e. The second kappa shape index (κ2) is 6.69. The van der Waals surface area contributed by atoms with Gasteiger partial charge in [0.2, 0.25) is 5.91 Å². The largest absolute Gasteiger partial charge is 0.486 e. The van der Waals surface area contributed by atoms with E-state index in [0.29, 0.717) is 19.8 Å². The van der Waals surface area contributed by atoms with Gasteiger partial charge in [-0.3, -0.25) is 9.69 Å². The molecule has 1 unspecified atom stereocenters. The fourth-order valence-electron chi connectivity index (χ4n) is 3.29. The number of amides is 1. The van der Waals surface area contributed by atoms with Crippen LogP contribution in [0.25, 0.3) is 0 Å². The molecule has 0 spiro atoms. The maximum absolute atomic E-state index is 12.7. The van der Waals surface area contributed by atoms with E-state index < -0.39 is 5.54 Å². The van der Waals surface area contributed by atoms with Crippen molar-refractivity contribution in [2.75, 3.05) is 19.8 Å². The maximum Gasteiger partial charge on any atom is 0.240 e. The van der Waals surface area contributed by atoms with Crippen molar-refractivity contribution in [3.63, 3.8) is 0 Å². The Labute approximate surface area is 151 Å². The van der Waals surface area contributed by atoms with Crippen LogP contribution < -0.4 is 14.8 Å². The molecule has 0 bridgehead atoms. The molecular weight excluding hydrogens is 336 g/mol. The molecule has 4 rings (SSSR count). The molecule has 0 aliphatic carbocycles. The molecule has 1 aromatic carbocycles. The zero-order valence-electron chi connectivity index (χ0n) is 14.3. The molecule has 1 saturated heterocycles. The number of carbonyl (C=O) groups is 1. The summed E-state index contributed by atoms with van der Waals surface area (Å²) in [6.07, 6.45) is 0.883. The normalized spacial score (nSPS) is 22.3. The molecule has 5 nitrogen and oxygen atoms in total. The number of thiophene rings is 1. The average molecular weight is 358 g/mol. The van der Waals surface area contributed by atoms with Gasteiger partial charge in [-0.1, -0.05) is 12.1 Å². The van der Waals surface area contributed by atoms with Gasteiger partial charge in [-0.05, 0) is 42.5 Å². The zero-order chi connectivity index (χ0) is 17.3. The third kappa shape index (κ3) is 3.24. The lowest BCUT2D eigenvalue weighted by atomic mass is 9.85. The first-order chi connectivity index (χ1) is 12.1. The number of hydrogen-bond acceptors (Lipinski definition) is 5. The van der Waals surface area contributed by atoms with Gasteiger partial charge in [-0.15, -0.1) is 11.3 Å². The predicted molar refractivity (Wildman–Crippen MR) is 97.0 cm³/mol. The van der Waals surface area contributed by atoms with Gasteiger partial charge in [0.05, 0.1) is 12.1 Å². The topological polar surface area (TPSA) is 50.8 Å². The standard InChI is InChI=1S/C19H22N2O3S/c1-19(18(22)20-12-15-3-2-10-25-15)6-7-21(19)13-14-4-5-16-17(11-14)24-9-8-23-16/h2-5,10-11H,6-9,12-13H2,1H3,(H,20,22). The lowest BCUT2D eigenvalue weighted by Gasteiger charge is -2.49. The summed E-state index contributed by atoms with van der Waals surface area (Å²) in [5.74, 6) is 1.70. The second-order valence-electron chi connectivity index (χ2n) is 6.69. The van der Waals surface area contributed by atoms with Crippen LogP contribution in [0, 0.1) is 0 Å². The number of fused-ring (bicyclic) bond motifs is 1. The van der Waals surface area contributed by atoms with E-state index in [2.05, 4.69) is 16.3 Å². The number of carbonyl (C=O) groups excluding carboxylic acids is 1. The molecule has 1 fully saturated rings. The molecule has 1 N–H and O–H groups in total. The number of nitrogens with zero attached hydrogens (tertiary/aromatic N) is 1. The van der Waals surface area contributed by atoms with Crippen molar-refractivity contribution < 1.29 is 14.3 Å². The van der Waals surface area contributed by atoms with E-state index >= 15 is 0 Å². The quantitative estimate of drug-likeness (QED) is 0.893. The highest BCUT2D eigenvalue weighted by atomic mass is 32.1. The summed E-state index contributed by atoms with van der Waals surface area (Å²) in [6, 6.07) is 10.1. The summed E-state index contributed by atoms with van der Waals surface area (Å²) >= 11 is 1.66. The van der Waals surface area contributed by atoms with Gasteiger partial charge >= 0.3 is 0 Å². The summed E-state index contributed by atoms with van der Waals surface area (Å²) < 4.78 is 11.2. The van der Waals surface area contributed by atoms with E-state index in [1.165, 1.54) is 4.88 Å². The molecule has 0 saturated carbocycles. The van der Waals surface area contributed by atoms with Gasteiger partial charge in [0.1, 0.15) is 13.2 Å². The van der Waals surface area contributed by atoms with Crippen LogP contribution in [0.2, 0.25) is 0 Å². The van der Waals surface area contributed by atoms with Gasteiger partial charge < -0.3 is 14.8 Å².